The van der Waals surface area contributed by atoms with Crippen LogP contribution in [0.3, 0.4) is 0 Å². The molecule has 1 atom stereocenters. The molecule has 3 heterocycles. The van der Waals surface area contributed by atoms with Crippen LogP contribution in [0, 0.1) is 6.92 Å². The summed E-state index contributed by atoms with van der Waals surface area (Å²) in [6, 6.07) is 12.9. The zero-order valence-corrected chi connectivity index (χ0v) is 17.8. The predicted octanol–water partition coefficient (Wildman–Crippen LogP) is 4.21. The van der Waals surface area contributed by atoms with Crippen LogP contribution in [-0.2, 0) is 24.2 Å². The van der Waals surface area contributed by atoms with Crippen molar-refractivity contribution < 1.29 is 9.21 Å². The Balaban J connectivity index is 1.33. The molecule has 1 amide bonds. The van der Waals surface area contributed by atoms with E-state index in [-0.39, 0.29) is 12.3 Å². The fourth-order valence-corrected chi connectivity index (χ4v) is 4.55. The summed E-state index contributed by atoms with van der Waals surface area (Å²) >= 11 is 1.58. The minimum absolute atomic E-state index is 0.00464. The van der Waals surface area contributed by atoms with Crippen molar-refractivity contribution in [2.24, 2.45) is 0 Å². The third-order valence-corrected chi connectivity index (χ3v) is 6.49. The average Bonchev–Trinajstić information content (AvgIpc) is 3.39. The van der Waals surface area contributed by atoms with Gasteiger partial charge in [0.15, 0.2) is 0 Å². The van der Waals surface area contributed by atoms with Gasteiger partial charge in [-0.1, -0.05) is 37.3 Å². The van der Waals surface area contributed by atoms with Gasteiger partial charge in [0.1, 0.15) is 5.76 Å². The Morgan fingerprint density at radius 2 is 2.10 bits per heavy atom. The number of aryl methyl sites for hydroxylation is 1. The highest BCUT2D eigenvalue weighted by atomic mass is 32.1. The molecule has 29 heavy (non-hydrogen) atoms. The molecule has 3 aromatic rings. The first-order chi connectivity index (χ1) is 14.1. The molecule has 0 radical (unpaired) electrons. The molecule has 0 fully saturated rings. The van der Waals surface area contributed by atoms with Gasteiger partial charge in [-0.3, -0.25) is 9.69 Å². The monoisotopic (exact) mass is 409 g/mol. The maximum atomic E-state index is 12.6. The summed E-state index contributed by atoms with van der Waals surface area (Å²) in [6.45, 7) is 6.71. The van der Waals surface area contributed by atoms with Gasteiger partial charge >= 0.3 is 0 Å². The highest BCUT2D eigenvalue weighted by Crippen LogP contribution is 2.26. The fourth-order valence-electron chi connectivity index (χ4n) is 3.90. The van der Waals surface area contributed by atoms with Crippen molar-refractivity contribution in [1.29, 1.82) is 0 Å². The second kappa shape index (κ2) is 8.93. The number of aromatic nitrogens is 1. The Labute approximate surface area is 175 Å². The van der Waals surface area contributed by atoms with Crippen molar-refractivity contribution >= 4 is 17.2 Å². The molecule has 5 nitrogen and oxygen atoms in total. The van der Waals surface area contributed by atoms with Crippen LogP contribution in [-0.4, -0.2) is 34.9 Å². The SMILES string of the molecule is CCC(CNC(=O)Cc1nc(-c2cccs2)oc1C)N1CCc2ccccc2C1. The fraction of sp³-hybridized carbons (Fsp3) is 0.391. The van der Waals surface area contributed by atoms with E-state index in [4.69, 9.17) is 4.42 Å². The van der Waals surface area contributed by atoms with E-state index < -0.39 is 0 Å². The largest absolute Gasteiger partial charge is 0.440 e. The van der Waals surface area contributed by atoms with Gasteiger partial charge in [0.25, 0.3) is 0 Å². The standard InChI is InChI=1S/C23H27N3O2S/c1-3-19(26-11-10-17-7-4-5-8-18(17)15-26)14-24-22(27)13-20-16(2)28-23(25-20)21-9-6-12-29-21/h4-9,12,19H,3,10-11,13-15H2,1-2H3,(H,24,27). The molecular weight excluding hydrogens is 382 g/mol. The molecule has 1 N–H and O–H groups in total. The summed E-state index contributed by atoms with van der Waals surface area (Å²) < 4.78 is 5.75. The highest BCUT2D eigenvalue weighted by Gasteiger charge is 2.23. The number of thiophene rings is 1. The quantitative estimate of drug-likeness (QED) is 0.635. The second-order valence-electron chi connectivity index (χ2n) is 7.53. The number of carbonyl (C=O) groups is 1. The Morgan fingerprint density at radius 3 is 2.86 bits per heavy atom. The lowest BCUT2D eigenvalue weighted by atomic mass is 9.98. The Hall–Kier alpha value is -2.44. The summed E-state index contributed by atoms with van der Waals surface area (Å²) in [7, 11) is 0. The molecule has 1 aliphatic heterocycles. The van der Waals surface area contributed by atoms with Crippen molar-refractivity contribution in [1.82, 2.24) is 15.2 Å². The van der Waals surface area contributed by atoms with E-state index in [0.29, 0.717) is 29.9 Å². The van der Waals surface area contributed by atoms with Gasteiger partial charge in [-0.15, -0.1) is 11.3 Å². The zero-order chi connectivity index (χ0) is 20.2. The molecule has 0 spiro atoms. The smallest absolute Gasteiger partial charge is 0.236 e. The summed E-state index contributed by atoms with van der Waals surface area (Å²) in [5.74, 6) is 1.30. The summed E-state index contributed by atoms with van der Waals surface area (Å²) in [6.07, 6.45) is 2.33. The predicted molar refractivity (Wildman–Crippen MR) is 116 cm³/mol. The lowest BCUT2D eigenvalue weighted by Gasteiger charge is -2.35. The topological polar surface area (TPSA) is 58.4 Å². The van der Waals surface area contributed by atoms with Crippen molar-refractivity contribution in [2.45, 2.75) is 45.7 Å². The first-order valence-corrected chi connectivity index (χ1v) is 11.1. The Kier molecular flexibility index (Phi) is 6.11. The van der Waals surface area contributed by atoms with Crippen LogP contribution in [0.25, 0.3) is 10.8 Å². The van der Waals surface area contributed by atoms with E-state index in [1.165, 1.54) is 11.1 Å². The van der Waals surface area contributed by atoms with Crippen LogP contribution in [0.15, 0.2) is 46.2 Å². The van der Waals surface area contributed by atoms with Gasteiger partial charge < -0.3 is 9.73 Å². The molecule has 1 unspecified atom stereocenters. The molecule has 152 valence electrons. The Morgan fingerprint density at radius 1 is 1.28 bits per heavy atom. The van der Waals surface area contributed by atoms with Gasteiger partial charge in [0.2, 0.25) is 11.8 Å². The third kappa shape index (κ3) is 4.60. The number of hydrogen-bond donors (Lipinski definition) is 1. The molecule has 4 rings (SSSR count). The molecule has 6 heteroatoms. The third-order valence-electron chi connectivity index (χ3n) is 5.64. The molecule has 0 saturated heterocycles. The van der Waals surface area contributed by atoms with Gasteiger partial charge in [0.05, 0.1) is 17.0 Å². The molecule has 1 aliphatic rings. The van der Waals surface area contributed by atoms with Crippen LogP contribution in [0.1, 0.15) is 35.9 Å². The number of nitrogens with zero attached hydrogens (tertiary/aromatic N) is 2. The van der Waals surface area contributed by atoms with Crippen molar-refractivity contribution in [3.63, 3.8) is 0 Å². The van der Waals surface area contributed by atoms with E-state index >= 15 is 0 Å². The number of benzene rings is 1. The van der Waals surface area contributed by atoms with E-state index in [1.807, 2.05) is 24.4 Å². The number of hydrogen-bond acceptors (Lipinski definition) is 5. The van der Waals surface area contributed by atoms with E-state index in [2.05, 4.69) is 46.4 Å². The summed E-state index contributed by atoms with van der Waals surface area (Å²) in [4.78, 5) is 20.5. The van der Waals surface area contributed by atoms with Crippen LogP contribution < -0.4 is 5.32 Å². The maximum Gasteiger partial charge on any atom is 0.236 e. The number of nitrogens with one attached hydrogen (secondary N) is 1. The minimum Gasteiger partial charge on any atom is -0.440 e. The maximum absolute atomic E-state index is 12.6. The molecular formula is C23H27N3O2S. The number of rotatable bonds is 7. The molecule has 1 aromatic carbocycles. The van der Waals surface area contributed by atoms with Gasteiger partial charge in [-0.2, -0.15) is 0 Å². The second-order valence-corrected chi connectivity index (χ2v) is 8.48. The minimum atomic E-state index is -0.00464. The van der Waals surface area contributed by atoms with Crippen LogP contribution in [0.5, 0.6) is 0 Å². The van der Waals surface area contributed by atoms with E-state index in [1.54, 1.807) is 11.3 Å². The van der Waals surface area contributed by atoms with E-state index in [0.717, 1.165) is 30.8 Å². The van der Waals surface area contributed by atoms with Crippen molar-refractivity contribution in [3.8, 4) is 10.8 Å². The first-order valence-electron chi connectivity index (χ1n) is 10.2. The first kappa shape index (κ1) is 19.9. The number of carbonyl (C=O) groups excluding carboxylic acids is 1. The summed E-state index contributed by atoms with van der Waals surface area (Å²) in [5, 5.41) is 5.11. The zero-order valence-electron chi connectivity index (χ0n) is 17.0. The lowest BCUT2D eigenvalue weighted by Crippen LogP contribution is -2.46. The van der Waals surface area contributed by atoms with Gasteiger partial charge in [-0.05, 0) is 42.3 Å². The van der Waals surface area contributed by atoms with Crippen LogP contribution in [0.4, 0.5) is 0 Å². The molecule has 0 bridgehead atoms. The highest BCUT2D eigenvalue weighted by molar-refractivity contribution is 7.13. The summed E-state index contributed by atoms with van der Waals surface area (Å²) in [5.41, 5.74) is 3.57. The number of amides is 1. The van der Waals surface area contributed by atoms with Gasteiger partial charge in [0, 0.05) is 25.7 Å². The van der Waals surface area contributed by atoms with Crippen molar-refractivity contribution in [2.75, 3.05) is 13.1 Å². The lowest BCUT2D eigenvalue weighted by molar-refractivity contribution is -0.120. The molecule has 0 aliphatic carbocycles. The average molecular weight is 410 g/mol. The normalized spacial score (nSPS) is 15.1. The Bertz CT molecular complexity index is 964. The number of oxazole rings is 1. The van der Waals surface area contributed by atoms with E-state index in [9.17, 15) is 4.79 Å². The number of fused-ring (bicyclic) bond motifs is 1. The van der Waals surface area contributed by atoms with Crippen molar-refractivity contribution in [3.05, 3.63) is 64.4 Å². The van der Waals surface area contributed by atoms with Crippen LogP contribution in [0.2, 0.25) is 0 Å². The molecule has 0 saturated carbocycles. The van der Waals surface area contributed by atoms with Crippen LogP contribution >= 0.6 is 11.3 Å². The molecule has 2 aromatic heterocycles. The van der Waals surface area contributed by atoms with Gasteiger partial charge in [-0.25, -0.2) is 4.98 Å².